The van der Waals surface area contributed by atoms with Gasteiger partial charge in [-0.05, 0) is 79.9 Å². The second-order valence-corrected chi connectivity index (χ2v) is 13.8. The third-order valence-corrected chi connectivity index (χ3v) is 11.1. The van der Waals surface area contributed by atoms with Crippen LogP contribution < -0.4 is 0 Å². The summed E-state index contributed by atoms with van der Waals surface area (Å²) in [5.41, 5.74) is 17.9. The van der Waals surface area contributed by atoms with Crippen molar-refractivity contribution in [3.8, 4) is 67.0 Å². The van der Waals surface area contributed by atoms with Gasteiger partial charge in [0.15, 0.2) is 0 Å². The monoisotopic (exact) mass is 661 g/mol. The van der Waals surface area contributed by atoms with Crippen molar-refractivity contribution in [1.82, 2.24) is 4.98 Å². The molecule has 2 nitrogen and oxygen atoms in total. The predicted octanol–water partition coefficient (Wildman–Crippen LogP) is 12.8. The van der Waals surface area contributed by atoms with Gasteiger partial charge in [0.05, 0.1) is 11.4 Å². The third-order valence-electron chi connectivity index (χ3n) is 11.1. The van der Waals surface area contributed by atoms with Gasteiger partial charge in [-0.1, -0.05) is 164 Å². The molecule has 0 radical (unpaired) electrons. The van der Waals surface area contributed by atoms with Gasteiger partial charge < -0.3 is 4.42 Å². The van der Waals surface area contributed by atoms with E-state index in [1.54, 1.807) is 0 Å². The highest BCUT2D eigenvalue weighted by Crippen LogP contribution is 2.65. The van der Waals surface area contributed by atoms with Gasteiger partial charge in [-0.3, -0.25) is 0 Å². The van der Waals surface area contributed by atoms with Crippen molar-refractivity contribution < 1.29 is 4.42 Å². The first kappa shape index (κ1) is 29.0. The third kappa shape index (κ3) is 4.03. The fourth-order valence-corrected chi connectivity index (χ4v) is 8.90. The first-order chi connectivity index (χ1) is 25.8. The molecular formula is C50H31NO. The Bertz CT molecular complexity index is 2740. The highest BCUT2D eigenvalue weighted by atomic mass is 16.3. The summed E-state index contributed by atoms with van der Waals surface area (Å²) < 4.78 is 7.03. The van der Waals surface area contributed by atoms with E-state index in [1.807, 2.05) is 0 Å². The summed E-state index contributed by atoms with van der Waals surface area (Å²) in [7, 11) is 0. The molecule has 0 aliphatic heterocycles. The fraction of sp³-hybridized carbons (Fsp3) is 0.0200. The lowest BCUT2D eigenvalue weighted by atomic mass is 9.73. The van der Waals surface area contributed by atoms with Gasteiger partial charge in [0.2, 0.25) is 0 Å². The Kier molecular flexibility index (Phi) is 6.20. The van der Waals surface area contributed by atoms with E-state index in [0.717, 1.165) is 50.4 Å². The maximum Gasteiger partial charge on any atom is 0.135 e. The number of rotatable bonds is 4. The molecule has 0 atom stereocenters. The minimum Gasteiger partial charge on any atom is -0.459 e. The van der Waals surface area contributed by atoms with Crippen molar-refractivity contribution in [3.05, 3.63) is 211 Å². The van der Waals surface area contributed by atoms with Crippen LogP contribution in [0.4, 0.5) is 0 Å². The summed E-state index contributed by atoms with van der Waals surface area (Å²) in [6.45, 7) is 0. The number of aromatic nitrogens is 1. The normalized spacial score (nSPS) is 13.2. The highest BCUT2D eigenvalue weighted by molar-refractivity contribution is 6.08. The Morgan fingerprint density at radius 1 is 0.365 bits per heavy atom. The van der Waals surface area contributed by atoms with Crippen molar-refractivity contribution in [2.45, 2.75) is 5.41 Å². The van der Waals surface area contributed by atoms with Crippen LogP contribution in [-0.2, 0) is 5.41 Å². The van der Waals surface area contributed by atoms with Gasteiger partial charge in [0, 0.05) is 22.1 Å². The van der Waals surface area contributed by atoms with Gasteiger partial charge in [-0.15, -0.1) is 0 Å². The van der Waals surface area contributed by atoms with Crippen LogP contribution in [0.1, 0.15) is 22.5 Å². The summed E-state index contributed by atoms with van der Waals surface area (Å²) >= 11 is 0. The first-order valence-corrected chi connectivity index (χ1v) is 17.9. The predicted molar refractivity (Wildman–Crippen MR) is 212 cm³/mol. The van der Waals surface area contributed by atoms with E-state index < -0.39 is 5.41 Å². The maximum atomic E-state index is 7.03. The molecule has 0 bridgehead atoms. The van der Waals surface area contributed by atoms with E-state index in [4.69, 9.17) is 9.40 Å². The molecule has 2 aliphatic rings. The van der Waals surface area contributed by atoms with E-state index in [0.29, 0.717) is 0 Å². The van der Waals surface area contributed by atoms with E-state index in [2.05, 4.69) is 188 Å². The number of pyridine rings is 1. The Morgan fingerprint density at radius 3 is 1.65 bits per heavy atom. The zero-order valence-corrected chi connectivity index (χ0v) is 28.3. The van der Waals surface area contributed by atoms with E-state index in [1.165, 1.54) is 50.1 Å². The Balaban J connectivity index is 1.16. The largest absolute Gasteiger partial charge is 0.459 e. The number of fused-ring (bicyclic) bond motifs is 12. The number of hydrogen-bond donors (Lipinski definition) is 0. The van der Waals surface area contributed by atoms with E-state index >= 15 is 0 Å². The average molecular weight is 662 g/mol. The SMILES string of the molecule is c1ccc(-c2cc(-c3ccccc3)nc(-c3cccc(-c4cccc5c4-c4c(oc6ccccc46)C54c5ccccc5-c5ccccc54)c3)c2)cc1. The molecule has 11 rings (SSSR count). The van der Waals surface area contributed by atoms with Crippen molar-refractivity contribution >= 4 is 11.0 Å². The summed E-state index contributed by atoms with van der Waals surface area (Å²) in [5, 5.41) is 1.14. The number of hydrogen-bond acceptors (Lipinski definition) is 2. The quantitative estimate of drug-likeness (QED) is 0.188. The van der Waals surface area contributed by atoms with Crippen LogP contribution in [-0.4, -0.2) is 4.98 Å². The molecule has 0 fully saturated rings. The lowest BCUT2D eigenvalue weighted by Gasteiger charge is -2.28. The molecule has 9 aromatic rings. The minimum atomic E-state index is -0.555. The number of para-hydroxylation sites is 1. The maximum absolute atomic E-state index is 7.03. The van der Waals surface area contributed by atoms with E-state index in [-0.39, 0.29) is 0 Å². The minimum absolute atomic E-state index is 0.555. The topological polar surface area (TPSA) is 26.0 Å². The molecular weight excluding hydrogens is 631 g/mol. The average Bonchev–Trinajstić information content (AvgIpc) is 3.85. The van der Waals surface area contributed by atoms with Crippen LogP contribution in [0.25, 0.3) is 78.0 Å². The number of furan rings is 1. The Labute approximate surface area is 302 Å². The summed E-state index contributed by atoms with van der Waals surface area (Å²) in [4.78, 5) is 5.27. The first-order valence-electron chi connectivity index (χ1n) is 17.9. The van der Waals surface area contributed by atoms with Gasteiger partial charge >= 0.3 is 0 Å². The van der Waals surface area contributed by atoms with Crippen LogP contribution in [0.2, 0.25) is 0 Å². The molecule has 0 amide bonds. The summed E-state index contributed by atoms with van der Waals surface area (Å²) in [6, 6.07) is 67.4. The Morgan fingerprint density at radius 2 is 0.904 bits per heavy atom. The zero-order valence-electron chi connectivity index (χ0n) is 28.3. The van der Waals surface area contributed by atoms with Gasteiger partial charge in [-0.2, -0.15) is 0 Å². The number of nitrogens with zero attached hydrogens (tertiary/aromatic N) is 1. The molecule has 7 aromatic carbocycles. The Hall–Kier alpha value is -6.77. The molecule has 0 saturated carbocycles. The van der Waals surface area contributed by atoms with Gasteiger partial charge in [0.1, 0.15) is 16.8 Å². The lowest BCUT2D eigenvalue weighted by molar-refractivity contribution is 0.507. The zero-order chi connectivity index (χ0) is 34.2. The van der Waals surface area contributed by atoms with Crippen molar-refractivity contribution in [2.24, 2.45) is 0 Å². The molecule has 0 N–H and O–H groups in total. The molecule has 242 valence electrons. The van der Waals surface area contributed by atoms with Gasteiger partial charge in [-0.25, -0.2) is 4.98 Å². The molecule has 2 aliphatic carbocycles. The summed E-state index contributed by atoms with van der Waals surface area (Å²) in [6.07, 6.45) is 0. The van der Waals surface area contributed by atoms with Gasteiger partial charge in [0.25, 0.3) is 0 Å². The highest BCUT2D eigenvalue weighted by Gasteiger charge is 2.55. The van der Waals surface area contributed by atoms with E-state index in [9.17, 15) is 0 Å². The lowest BCUT2D eigenvalue weighted by Crippen LogP contribution is -2.25. The fourth-order valence-electron chi connectivity index (χ4n) is 8.90. The van der Waals surface area contributed by atoms with Crippen LogP contribution in [0, 0.1) is 0 Å². The second-order valence-electron chi connectivity index (χ2n) is 13.8. The van der Waals surface area contributed by atoms with Crippen molar-refractivity contribution in [3.63, 3.8) is 0 Å². The summed E-state index contributed by atoms with van der Waals surface area (Å²) in [5.74, 6) is 1.01. The molecule has 0 unspecified atom stereocenters. The molecule has 52 heavy (non-hydrogen) atoms. The molecule has 2 heterocycles. The molecule has 2 heteroatoms. The van der Waals surface area contributed by atoms with Crippen LogP contribution in [0.5, 0.6) is 0 Å². The van der Waals surface area contributed by atoms with Crippen LogP contribution in [0.15, 0.2) is 192 Å². The second kappa shape index (κ2) is 11.1. The standard InChI is InChI=1S/C50H31NO/c1-3-15-32(16-4-1)36-30-44(33-17-5-2-6-18-33)51-45(31-36)35-20-13-19-34(29-35)37-24-14-27-43-47(37)48-40-23-9-12-28-46(40)52-49(48)50(43)41-25-10-7-21-38(41)39-22-8-11-26-42(39)50/h1-31H. The molecule has 2 aromatic heterocycles. The molecule has 0 saturated heterocycles. The smallest absolute Gasteiger partial charge is 0.135 e. The molecule has 1 spiro atoms. The van der Waals surface area contributed by atoms with Crippen LogP contribution >= 0.6 is 0 Å². The van der Waals surface area contributed by atoms with Crippen LogP contribution in [0.3, 0.4) is 0 Å². The number of benzene rings is 7. The van der Waals surface area contributed by atoms with Crippen molar-refractivity contribution in [2.75, 3.05) is 0 Å². The van der Waals surface area contributed by atoms with Crippen molar-refractivity contribution in [1.29, 1.82) is 0 Å².